The predicted octanol–water partition coefficient (Wildman–Crippen LogP) is 0.716. The number of rotatable bonds is 5. The van der Waals surface area contributed by atoms with Gasteiger partial charge in [0.25, 0.3) is 5.91 Å². The number of methoxy groups -OCH3 is 1. The number of sulfonamides is 1. The van der Waals surface area contributed by atoms with E-state index in [1.54, 1.807) is 6.07 Å². The molecule has 0 bridgehead atoms. The molecule has 2 aliphatic rings. The summed E-state index contributed by atoms with van der Waals surface area (Å²) in [6.07, 6.45) is 3.43. The van der Waals surface area contributed by atoms with Crippen LogP contribution in [0, 0.1) is 0 Å². The molecule has 9 heteroatoms. The lowest BCUT2D eigenvalue weighted by Gasteiger charge is -2.27. The number of ether oxygens (including phenoxy) is 2. The summed E-state index contributed by atoms with van der Waals surface area (Å²) in [6, 6.07) is 4.77. The van der Waals surface area contributed by atoms with Crippen LogP contribution in [0.1, 0.15) is 36.0 Å². The Kier molecular flexibility index (Phi) is 6.36. The van der Waals surface area contributed by atoms with E-state index in [9.17, 15) is 13.2 Å². The van der Waals surface area contributed by atoms with Crippen molar-refractivity contribution in [2.45, 2.75) is 42.7 Å². The van der Waals surface area contributed by atoms with E-state index in [2.05, 4.69) is 5.32 Å². The van der Waals surface area contributed by atoms with Crippen molar-refractivity contribution < 1.29 is 22.7 Å². The van der Waals surface area contributed by atoms with Crippen LogP contribution < -0.4 is 15.8 Å². The Morgan fingerprint density at radius 2 is 1.89 bits per heavy atom. The summed E-state index contributed by atoms with van der Waals surface area (Å²) < 4.78 is 37.9. The highest BCUT2D eigenvalue weighted by Gasteiger charge is 2.30. The van der Waals surface area contributed by atoms with Crippen LogP contribution in [0.2, 0.25) is 0 Å². The molecule has 27 heavy (non-hydrogen) atoms. The topological polar surface area (TPSA) is 111 Å². The highest BCUT2D eigenvalue weighted by atomic mass is 32.2. The molecule has 150 valence electrons. The summed E-state index contributed by atoms with van der Waals surface area (Å²) in [5.74, 6) is -0.0572. The molecule has 3 rings (SSSR count). The Bertz CT molecular complexity index is 769. The van der Waals surface area contributed by atoms with E-state index in [1.807, 2.05) is 0 Å². The highest BCUT2D eigenvalue weighted by Crippen LogP contribution is 2.28. The third-order valence-electron chi connectivity index (χ3n) is 5.12. The molecule has 1 heterocycles. The van der Waals surface area contributed by atoms with Gasteiger partial charge in [-0.05, 0) is 43.9 Å². The number of carbonyl (C=O) groups is 1. The van der Waals surface area contributed by atoms with E-state index >= 15 is 0 Å². The van der Waals surface area contributed by atoms with Gasteiger partial charge in [-0.1, -0.05) is 0 Å². The molecule has 1 aromatic carbocycles. The number of nitrogens with two attached hydrogens (primary N) is 1. The molecule has 0 spiro atoms. The molecular formula is C18H27N3O5S. The molecule has 1 saturated carbocycles. The van der Waals surface area contributed by atoms with Gasteiger partial charge in [-0.25, -0.2) is 8.42 Å². The number of nitrogens with one attached hydrogen (secondary N) is 1. The maximum Gasteiger partial charge on any atom is 0.251 e. The zero-order valence-electron chi connectivity index (χ0n) is 15.5. The van der Waals surface area contributed by atoms with Gasteiger partial charge in [0.05, 0.1) is 20.3 Å². The maximum absolute atomic E-state index is 13.0. The largest absolute Gasteiger partial charge is 0.495 e. The Morgan fingerprint density at radius 3 is 2.52 bits per heavy atom. The molecule has 0 radical (unpaired) electrons. The second kappa shape index (κ2) is 8.55. The number of carbonyl (C=O) groups excluding carboxylic acids is 1. The van der Waals surface area contributed by atoms with Crippen molar-refractivity contribution in [2.24, 2.45) is 5.73 Å². The molecule has 8 nitrogen and oxygen atoms in total. The standard InChI is InChI=1S/C18H27N3O5S/c1-25-16-7-2-13(18(22)20-15-5-3-14(19)4-6-15)12-17(16)27(23,24)21-8-10-26-11-9-21/h2,7,12,14-15H,3-6,8-11,19H2,1H3,(H,20,22). The van der Waals surface area contributed by atoms with Crippen LogP contribution in [0.25, 0.3) is 0 Å². The molecule has 1 saturated heterocycles. The molecule has 1 aromatic rings. The predicted molar refractivity (Wildman–Crippen MR) is 100 cm³/mol. The van der Waals surface area contributed by atoms with Crippen LogP contribution in [0.5, 0.6) is 5.75 Å². The quantitative estimate of drug-likeness (QED) is 0.757. The first kappa shape index (κ1) is 20.1. The molecule has 1 amide bonds. The lowest BCUT2D eigenvalue weighted by Crippen LogP contribution is -2.41. The summed E-state index contributed by atoms with van der Waals surface area (Å²) in [5.41, 5.74) is 6.21. The minimum absolute atomic E-state index is 0.00483. The molecular weight excluding hydrogens is 370 g/mol. The lowest BCUT2D eigenvalue weighted by atomic mass is 9.91. The highest BCUT2D eigenvalue weighted by molar-refractivity contribution is 7.89. The van der Waals surface area contributed by atoms with Crippen molar-refractivity contribution in [3.8, 4) is 5.75 Å². The monoisotopic (exact) mass is 397 g/mol. The van der Waals surface area contributed by atoms with Gasteiger partial charge in [0.15, 0.2) is 0 Å². The van der Waals surface area contributed by atoms with Crippen molar-refractivity contribution in [3.05, 3.63) is 23.8 Å². The number of benzene rings is 1. The van der Waals surface area contributed by atoms with Crippen LogP contribution in [-0.2, 0) is 14.8 Å². The average molecular weight is 397 g/mol. The lowest BCUT2D eigenvalue weighted by molar-refractivity contribution is 0.0729. The van der Waals surface area contributed by atoms with Crippen molar-refractivity contribution in [2.75, 3.05) is 33.4 Å². The Morgan fingerprint density at radius 1 is 1.22 bits per heavy atom. The fraction of sp³-hybridized carbons (Fsp3) is 0.611. The van der Waals surface area contributed by atoms with Crippen LogP contribution >= 0.6 is 0 Å². The number of morpholine rings is 1. The third-order valence-corrected chi connectivity index (χ3v) is 7.04. The summed E-state index contributed by atoms with van der Waals surface area (Å²) in [7, 11) is -2.35. The van der Waals surface area contributed by atoms with Gasteiger partial charge >= 0.3 is 0 Å². The summed E-state index contributed by atoms with van der Waals surface area (Å²) in [5, 5.41) is 2.99. The van der Waals surface area contributed by atoms with Crippen LogP contribution in [-0.4, -0.2) is 64.1 Å². The number of nitrogens with zero attached hydrogens (tertiary/aromatic N) is 1. The van der Waals surface area contributed by atoms with Crippen molar-refractivity contribution in [3.63, 3.8) is 0 Å². The second-order valence-electron chi connectivity index (χ2n) is 6.97. The minimum atomic E-state index is -3.77. The minimum Gasteiger partial charge on any atom is -0.495 e. The van der Waals surface area contributed by atoms with Gasteiger partial charge in [-0.3, -0.25) is 4.79 Å². The van der Waals surface area contributed by atoms with Gasteiger partial charge in [0, 0.05) is 30.7 Å². The van der Waals surface area contributed by atoms with Crippen LogP contribution in [0.4, 0.5) is 0 Å². The molecule has 0 aromatic heterocycles. The fourth-order valence-electron chi connectivity index (χ4n) is 3.48. The van der Waals surface area contributed by atoms with Gasteiger partial charge in [-0.2, -0.15) is 4.31 Å². The van der Waals surface area contributed by atoms with Gasteiger partial charge < -0.3 is 20.5 Å². The van der Waals surface area contributed by atoms with E-state index < -0.39 is 10.0 Å². The maximum atomic E-state index is 13.0. The van der Waals surface area contributed by atoms with E-state index in [4.69, 9.17) is 15.2 Å². The van der Waals surface area contributed by atoms with Crippen molar-refractivity contribution in [1.82, 2.24) is 9.62 Å². The van der Waals surface area contributed by atoms with E-state index in [-0.39, 0.29) is 41.7 Å². The summed E-state index contributed by atoms with van der Waals surface area (Å²) in [4.78, 5) is 12.6. The van der Waals surface area contributed by atoms with E-state index in [1.165, 1.54) is 23.5 Å². The smallest absolute Gasteiger partial charge is 0.251 e. The van der Waals surface area contributed by atoms with Gasteiger partial charge in [0.2, 0.25) is 10.0 Å². The zero-order valence-corrected chi connectivity index (χ0v) is 16.3. The van der Waals surface area contributed by atoms with Crippen LogP contribution in [0.3, 0.4) is 0 Å². The second-order valence-corrected chi connectivity index (χ2v) is 8.87. The molecule has 1 aliphatic heterocycles. The molecule has 0 atom stereocenters. The molecule has 0 unspecified atom stereocenters. The third kappa shape index (κ3) is 4.60. The van der Waals surface area contributed by atoms with Crippen molar-refractivity contribution >= 4 is 15.9 Å². The number of hydrogen-bond acceptors (Lipinski definition) is 6. The summed E-state index contributed by atoms with van der Waals surface area (Å²) in [6.45, 7) is 1.27. The molecule has 3 N–H and O–H groups in total. The van der Waals surface area contributed by atoms with Crippen molar-refractivity contribution in [1.29, 1.82) is 0 Å². The average Bonchev–Trinajstić information content (AvgIpc) is 2.69. The molecule has 1 aliphatic carbocycles. The first-order valence-electron chi connectivity index (χ1n) is 9.24. The Balaban J connectivity index is 1.81. The summed E-state index contributed by atoms with van der Waals surface area (Å²) >= 11 is 0. The van der Waals surface area contributed by atoms with Crippen LogP contribution in [0.15, 0.2) is 23.1 Å². The zero-order chi connectivity index (χ0) is 19.4. The molecule has 2 fully saturated rings. The SMILES string of the molecule is COc1ccc(C(=O)NC2CCC(N)CC2)cc1S(=O)(=O)N1CCOCC1. The first-order valence-corrected chi connectivity index (χ1v) is 10.7. The Hall–Kier alpha value is -1.68. The van der Waals surface area contributed by atoms with Gasteiger partial charge in [-0.15, -0.1) is 0 Å². The fourth-order valence-corrected chi connectivity index (χ4v) is 5.07. The van der Waals surface area contributed by atoms with E-state index in [0.29, 0.717) is 18.8 Å². The number of hydrogen-bond donors (Lipinski definition) is 2. The first-order chi connectivity index (χ1) is 12.9. The Labute approximate surface area is 160 Å². The normalized spacial score (nSPS) is 24.4. The van der Waals surface area contributed by atoms with Gasteiger partial charge in [0.1, 0.15) is 10.6 Å². The number of amides is 1. The van der Waals surface area contributed by atoms with E-state index in [0.717, 1.165) is 25.7 Å².